The second-order valence-corrected chi connectivity index (χ2v) is 7.17. The van der Waals surface area contributed by atoms with Crippen LogP contribution in [0.4, 0.5) is 0 Å². The van der Waals surface area contributed by atoms with Crippen LogP contribution in [0.15, 0.2) is 76.2 Å². The lowest BCUT2D eigenvalue weighted by Crippen LogP contribution is -2.34. The molecule has 0 saturated heterocycles. The predicted octanol–water partition coefficient (Wildman–Crippen LogP) is 3.74. The van der Waals surface area contributed by atoms with E-state index in [2.05, 4.69) is 10.6 Å². The van der Waals surface area contributed by atoms with Gasteiger partial charge < -0.3 is 19.8 Å². The summed E-state index contributed by atoms with van der Waals surface area (Å²) in [5.74, 6) is 1.03. The average molecular weight is 410 g/mol. The molecule has 0 fully saturated rings. The largest absolute Gasteiger partial charge is 0.497 e. The number of furan rings is 1. The first kappa shape index (κ1) is 20.5. The molecule has 150 valence electrons. The first-order valence-corrected chi connectivity index (χ1v) is 10.1. The molecule has 0 aliphatic heterocycles. The molecule has 3 rings (SSSR count). The average Bonchev–Trinajstić information content (AvgIpc) is 3.24. The van der Waals surface area contributed by atoms with Crippen LogP contribution in [-0.2, 0) is 5.75 Å². The van der Waals surface area contributed by atoms with Crippen molar-refractivity contribution in [1.29, 1.82) is 0 Å². The molecule has 0 aliphatic carbocycles. The lowest BCUT2D eigenvalue weighted by atomic mass is 10.2. The van der Waals surface area contributed by atoms with E-state index in [0.29, 0.717) is 35.9 Å². The third-order valence-corrected chi connectivity index (χ3v) is 5.18. The van der Waals surface area contributed by atoms with Crippen LogP contribution in [0.2, 0.25) is 0 Å². The summed E-state index contributed by atoms with van der Waals surface area (Å²) in [7, 11) is 1.55. The molecule has 0 radical (unpaired) electrons. The molecule has 7 heteroatoms. The monoisotopic (exact) mass is 410 g/mol. The highest BCUT2D eigenvalue weighted by molar-refractivity contribution is 7.98. The van der Waals surface area contributed by atoms with Gasteiger partial charge in [-0.1, -0.05) is 24.3 Å². The van der Waals surface area contributed by atoms with Gasteiger partial charge in [-0.05, 0) is 36.4 Å². The van der Waals surface area contributed by atoms with Gasteiger partial charge in [0.15, 0.2) is 5.76 Å². The maximum atomic E-state index is 12.4. The van der Waals surface area contributed by atoms with E-state index in [1.807, 2.05) is 30.3 Å². The van der Waals surface area contributed by atoms with Crippen LogP contribution >= 0.6 is 11.8 Å². The zero-order valence-corrected chi connectivity index (χ0v) is 16.8. The summed E-state index contributed by atoms with van der Waals surface area (Å²) < 4.78 is 10.5. The van der Waals surface area contributed by atoms with Gasteiger partial charge in [-0.25, -0.2) is 0 Å². The van der Waals surface area contributed by atoms with Crippen LogP contribution in [0.5, 0.6) is 5.75 Å². The number of hydrogen-bond donors (Lipinski definition) is 2. The summed E-state index contributed by atoms with van der Waals surface area (Å²) in [4.78, 5) is 25.7. The van der Waals surface area contributed by atoms with E-state index in [4.69, 9.17) is 9.15 Å². The normalized spacial score (nSPS) is 10.4. The molecule has 0 saturated carbocycles. The van der Waals surface area contributed by atoms with Gasteiger partial charge in [0.05, 0.1) is 13.4 Å². The molecular formula is C22H22N2O4S. The van der Waals surface area contributed by atoms with Crippen LogP contribution in [0.3, 0.4) is 0 Å². The number of amides is 2. The minimum Gasteiger partial charge on any atom is -0.497 e. The van der Waals surface area contributed by atoms with Crippen molar-refractivity contribution in [1.82, 2.24) is 10.6 Å². The quantitative estimate of drug-likeness (QED) is 0.415. The second-order valence-electron chi connectivity index (χ2n) is 6.12. The van der Waals surface area contributed by atoms with E-state index in [1.54, 1.807) is 49.2 Å². The van der Waals surface area contributed by atoms with Crippen molar-refractivity contribution in [2.75, 3.05) is 20.2 Å². The molecule has 1 heterocycles. The number of thioether (sulfide) groups is 1. The Morgan fingerprint density at radius 3 is 2.48 bits per heavy atom. The molecule has 0 aliphatic rings. The fraction of sp³-hybridized carbons (Fsp3) is 0.182. The number of carbonyl (C=O) groups is 2. The lowest BCUT2D eigenvalue weighted by molar-refractivity contribution is 0.0910. The van der Waals surface area contributed by atoms with Crippen LogP contribution in [0, 0.1) is 0 Å². The van der Waals surface area contributed by atoms with Crippen molar-refractivity contribution in [2.45, 2.75) is 10.6 Å². The maximum Gasteiger partial charge on any atom is 0.287 e. The molecule has 0 spiro atoms. The fourth-order valence-corrected chi connectivity index (χ4v) is 3.52. The summed E-state index contributed by atoms with van der Waals surface area (Å²) in [6.07, 6.45) is 1.51. The highest BCUT2D eigenvalue weighted by Gasteiger charge is 2.15. The Balaban J connectivity index is 1.45. The van der Waals surface area contributed by atoms with Gasteiger partial charge in [-0.15, -0.1) is 11.8 Å². The maximum absolute atomic E-state index is 12.4. The van der Waals surface area contributed by atoms with E-state index in [9.17, 15) is 9.59 Å². The van der Waals surface area contributed by atoms with Crippen LogP contribution < -0.4 is 15.4 Å². The third-order valence-electron chi connectivity index (χ3n) is 4.12. The number of hydrogen-bond acceptors (Lipinski definition) is 5. The zero-order valence-electron chi connectivity index (χ0n) is 16.0. The van der Waals surface area contributed by atoms with E-state index in [1.165, 1.54) is 6.26 Å². The van der Waals surface area contributed by atoms with Crippen LogP contribution in [-0.4, -0.2) is 32.0 Å². The van der Waals surface area contributed by atoms with Crippen LogP contribution in [0.1, 0.15) is 26.5 Å². The number of methoxy groups -OCH3 is 1. The smallest absolute Gasteiger partial charge is 0.287 e. The minimum absolute atomic E-state index is 0.226. The Labute approximate surface area is 173 Å². The highest BCUT2D eigenvalue weighted by Crippen LogP contribution is 2.24. The Kier molecular flexibility index (Phi) is 7.35. The van der Waals surface area contributed by atoms with Gasteiger partial charge in [-0.2, -0.15) is 0 Å². The molecule has 3 aromatic rings. The zero-order chi connectivity index (χ0) is 20.5. The summed E-state index contributed by atoms with van der Waals surface area (Å²) >= 11 is 1.64. The first-order valence-electron chi connectivity index (χ1n) is 9.12. The molecule has 2 aromatic carbocycles. The highest BCUT2D eigenvalue weighted by atomic mass is 32.2. The summed E-state index contributed by atoms with van der Waals surface area (Å²) in [6.45, 7) is 0.594. The molecule has 2 N–H and O–H groups in total. The standard InChI is InChI=1S/C22H22N2O4S/c1-27-18-7-5-6-16(14-18)21(25)23-11-12-24-22(26)20-17(10-13-28-20)15-29-19-8-3-2-4-9-19/h2-10,13-14H,11-12,15H2,1H3,(H,23,25)(H,24,26). The Morgan fingerprint density at radius 1 is 0.966 bits per heavy atom. The van der Waals surface area contributed by atoms with E-state index in [-0.39, 0.29) is 11.8 Å². The number of rotatable bonds is 9. The van der Waals surface area contributed by atoms with E-state index in [0.717, 1.165) is 10.5 Å². The van der Waals surface area contributed by atoms with Gasteiger partial charge in [0.1, 0.15) is 5.75 Å². The topological polar surface area (TPSA) is 80.6 Å². The number of carbonyl (C=O) groups excluding carboxylic acids is 2. The first-order chi connectivity index (χ1) is 14.2. The molecular weight excluding hydrogens is 388 g/mol. The van der Waals surface area contributed by atoms with Crippen molar-refractivity contribution < 1.29 is 18.7 Å². The molecule has 0 atom stereocenters. The SMILES string of the molecule is COc1cccc(C(=O)NCCNC(=O)c2occc2CSc2ccccc2)c1. The Bertz CT molecular complexity index is 956. The third kappa shape index (κ3) is 5.89. The predicted molar refractivity (Wildman–Crippen MR) is 112 cm³/mol. The van der Waals surface area contributed by atoms with Gasteiger partial charge in [0.25, 0.3) is 11.8 Å². The number of ether oxygens (including phenoxy) is 1. The molecule has 6 nitrogen and oxygen atoms in total. The van der Waals surface area contributed by atoms with E-state index < -0.39 is 0 Å². The summed E-state index contributed by atoms with van der Waals surface area (Å²) in [5.41, 5.74) is 1.33. The van der Waals surface area contributed by atoms with Gasteiger partial charge in [0.2, 0.25) is 0 Å². The van der Waals surface area contributed by atoms with Gasteiger partial charge >= 0.3 is 0 Å². The molecule has 2 amide bonds. The van der Waals surface area contributed by atoms with Crippen molar-refractivity contribution in [3.8, 4) is 5.75 Å². The van der Waals surface area contributed by atoms with Gasteiger partial charge in [0, 0.05) is 34.9 Å². The number of nitrogens with one attached hydrogen (secondary N) is 2. The fourth-order valence-electron chi connectivity index (χ4n) is 2.63. The minimum atomic E-state index is -0.297. The Hall–Kier alpha value is -3.19. The Morgan fingerprint density at radius 2 is 1.72 bits per heavy atom. The van der Waals surface area contributed by atoms with Crippen molar-refractivity contribution in [3.05, 3.63) is 83.8 Å². The molecule has 1 aromatic heterocycles. The van der Waals surface area contributed by atoms with E-state index >= 15 is 0 Å². The number of benzene rings is 2. The molecule has 0 bridgehead atoms. The van der Waals surface area contributed by atoms with Crippen molar-refractivity contribution in [2.24, 2.45) is 0 Å². The van der Waals surface area contributed by atoms with Gasteiger partial charge in [-0.3, -0.25) is 9.59 Å². The van der Waals surface area contributed by atoms with Crippen LogP contribution in [0.25, 0.3) is 0 Å². The summed E-state index contributed by atoms with van der Waals surface area (Å²) in [5, 5.41) is 5.54. The van der Waals surface area contributed by atoms with Crippen molar-refractivity contribution >= 4 is 23.6 Å². The second kappa shape index (κ2) is 10.4. The lowest BCUT2D eigenvalue weighted by Gasteiger charge is -2.08. The molecule has 29 heavy (non-hydrogen) atoms. The van der Waals surface area contributed by atoms with Crippen molar-refractivity contribution in [3.63, 3.8) is 0 Å². The summed E-state index contributed by atoms with van der Waals surface area (Å²) in [6, 6.07) is 18.7. The molecule has 0 unspecified atom stereocenters.